The number of β-lactam (4-membered cyclic amide) rings is 1. The molecule has 0 radical (unpaired) electrons. The summed E-state index contributed by atoms with van der Waals surface area (Å²) in [5.74, 6) is -0.509. The van der Waals surface area contributed by atoms with Crippen LogP contribution in [0.1, 0.15) is 29.8 Å². The molecule has 27 heavy (non-hydrogen) atoms. The summed E-state index contributed by atoms with van der Waals surface area (Å²) in [6.07, 6.45) is 1.11. The molecule has 1 fully saturated rings. The van der Waals surface area contributed by atoms with Crippen LogP contribution in [-0.2, 0) is 20.9 Å². The lowest BCUT2D eigenvalue weighted by Gasteiger charge is -2.35. The van der Waals surface area contributed by atoms with E-state index in [4.69, 9.17) is 4.74 Å². The SMILES string of the molecule is Cc1cc(C)nc(SC2=C(C(=O)OCc3ccccc3)N3C(=O)CC3C2)n1. The second-order valence-corrected chi connectivity index (χ2v) is 7.76. The molecule has 2 aliphatic rings. The van der Waals surface area contributed by atoms with Crippen LogP contribution in [0.2, 0.25) is 0 Å². The molecule has 0 aliphatic carbocycles. The van der Waals surface area contributed by atoms with Gasteiger partial charge in [0.2, 0.25) is 5.91 Å². The highest BCUT2D eigenvalue weighted by molar-refractivity contribution is 8.03. The maximum atomic E-state index is 12.8. The second-order valence-electron chi connectivity index (χ2n) is 6.69. The van der Waals surface area contributed by atoms with Crippen molar-refractivity contribution in [2.24, 2.45) is 0 Å². The normalized spacial score (nSPS) is 18.4. The average Bonchev–Trinajstić information content (AvgIpc) is 2.91. The molecule has 1 unspecified atom stereocenters. The molecule has 0 saturated carbocycles. The van der Waals surface area contributed by atoms with Crippen LogP contribution in [-0.4, -0.2) is 32.8 Å². The highest BCUT2D eigenvalue weighted by Gasteiger charge is 2.48. The molecule has 2 aromatic rings. The lowest BCUT2D eigenvalue weighted by Crippen LogP contribution is -2.49. The zero-order valence-electron chi connectivity index (χ0n) is 15.1. The number of thioether (sulfide) groups is 1. The highest BCUT2D eigenvalue weighted by Crippen LogP contribution is 2.45. The average molecular weight is 381 g/mol. The van der Waals surface area contributed by atoms with Crippen LogP contribution in [0.25, 0.3) is 0 Å². The third kappa shape index (κ3) is 3.60. The molecule has 1 saturated heterocycles. The lowest BCUT2D eigenvalue weighted by atomic mass is 10.0. The summed E-state index contributed by atoms with van der Waals surface area (Å²) in [7, 11) is 0. The predicted octanol–water partition coefficient (Wildman–Crippen LogP) is 3.15. The number of nitrogens with zero attached hydrogens (tertiary/aromatic N) is 3. The number of hydrogen-bond donors (Lipinski definition) is 0. The van der Waals surface area contributed by atoms with E-state index in [0.717, 1.165) is 21.9 Å². The molecule has 6 nitrogen and oxygen atoms in total. The minimum Gasteiger partial charge on any atom is -0.456 e. The van der Waals surface area contributed by atoms with E-state index in [-0.39, 0.29) is 18.6 Å². The first-order chi connectivity index (χ1) is 13.0. The minimum atomic E-state index is -0.471. The third-order valence-electron chi connectivity index (χ3n) is 4.55. The van der Waals surface area contributed by atoms with E-state index in [9.17, 15) is 9.59 Å². The Morgan fingerprint density at radius 1 is 1.19 bits per heavy atom. The summed E-state index contributed by atoms with van der Waals surface area (Å²) in [5, 5.41) is 0.589. The van der Waals surface area contributed by atoms with Crippen molar-refractivity contribution in [3.8, 4) is 0 Å². The Hall–Kier alpha value is -2.67. The molecule has 7 heteroatoms. The molecule has 1 atom stereocenters. The monoisotopic (exact) mass is 381 g/mol. The number of hydrogen-bond acceptors (Lipinski definition) is 6. The van der Waals surface area contributed by atoms with Gasteiger partial charge < -0.3 is 9.64 Å². The van der Waals surface area contributed by atoms with Crippen LogP contribution in [0.5, 0.6) is 0 Å². The van der Waals surface area contributed by atoms with Crippen molar-refractivity contribution in [2.45, 2.75) is 44.5 Å². The van der Waals surface area contributed by atoms with Crippen molar-refractivity contribution in [3.05, 3.63) is 64.0 Å². The molecule has 0 bridgehead atoms. The molecule has 1 amide bonds. The van der Waals surface area contributed by atoms with Gasteiger partial charge in [-0.1, -0.05) is 42.1 Å². The van der Waals surface area contributed by atoms with Gasteiger partial charge in [-0.05, 0) is 25.5 Å². The van der Waals surface area contributed by atoms with Crippen LogP contribution in [0.15, 0.2) is 52.2 Å². The molecule has 1 aromatic carbocycles. The number of rotatable bonds is 5. The van der Waals surface area contributed by atoms with Crippen LogP contribution >= 0.6 is 11.8 Å². The zero-order chi connectivity index (χ0) is 19.0. The molecule has 2 aliphatic heterocycles. The van der Waals surface area contributed by atoms with Crippen molar-refractivity contribution in [2.75, 3.05) is 0 Å². The first-order valence-corrected chi connectivity index (χ1v) is 9.59. The van der Waals surface area contributed by atoms with Crippen molar-refractivity contribution in [1.29, 1.82) is 0 Å². The third-order valence-corrected chi connectivity index (χ3v) is 5.52. The summed E-state index contributed by atoms with van der Waals surface area (Å²) in [6, 6.07) is 11.4. The maximum absolute atomic E-state index is 12.8. The van der Waals surface area contributed by atoms with E-state index in [0.29, 0.717) is 23.7 Å². The summed E-state index contributed by atoms with van der Waals surface area (Å²) < 4.78 is 5.48. The standard InChI is InChI=1S/C20H19N3O3S/c1-12-8-13(2)22-20(21-12)27-16-9-15-10-17(24)23(15)18(16)19(25)26-11-14-6-4-3-5-7-14/h3-8,15H,9-11H2,1-2H3. The van der Waals surface area contributed by atoms with E-state index in [1.165, 1.54) is 11.8 Å². The summed E-state index contributed by atoms with van der Waals surface area (Å²) >= 11 is 1.35. The summed E-state index contributed by atoms with van der Waals surface area (Å²) in [4.78, 5) is 36.1. The van der Waals surface area contributed by atoms with Crippen molar-refractivity contribution >= 4 is 23.6 Å². The van der Waals surface area contributed by atoms with Gasteiger partial charge in [0.15, 0.2) is 5.16 Å². The van der Waals surface area contributed by atoms with Gasteiger partial charge in [-0.3, -0.25) is 4.79 Å². The topological polar surface area (TPSA) is 72.4 Å². The molecule has 1 aromatic heterocycles. The molecular weight excluding hydrogens is 362 g/mol. The highest BCUT2D eigenvalue weighted by atomic mass is 32.2. The van der Waals surface area contributed by atoms with E-state index >= 15 is 0 Å². The number of amides is 1. The van der Waals surface area contributed by atoms with Gasteiger partial charge in [0.1, 0.15) is 12.3 Å². The fraction of sp³-hybridized carbons (Fsp3) is 0.300. The first-order valence-electron chi connectivity index (χ1n) is 8.77. The number of aromatic nitrogens is 2. The van der Waals surface area contributed by atoms with Crippen molar-refractivity contribution in [3.63, 3.8) is 0 Å². The Bertz CT molecular complexity index is 922. The van der Waals surface area contributed by atoms with Gasteiger partial charge in [-0.2, -0.15) is 0 Å². The summed E-state index contributed by atoms with van der Waals surface area (Å²) in [5.41, 5.74) is 3.00. The maximum Gasteiger partial charge on any atom is 0.356 e. The van der Waals surface area contributed by atoms with E-state index in [2.05, 4.69) is 9.97 Å². The van der Waals surface area contributed by atoms with Crippen LogP contribution in [0.3, 0.4) is 0 Å². The van der Waals surface area contributed by atoms with Crippen LogP contribution in [0.4, 0.5) is 0 Å². The van der Waals surface area contributed by atoms with Gasteiger partial charge >= 0.3 is 5.97 Å². The van der Waals surface area contributed by atoms with Gasteiger partial charge in [0.05, 0.1) is 6.04 Å². The quantitative estimate of drug-likeness (QED) is 0.450. The number of carbonyl (C=O) groups is 2. The lowest BCUT2D eigenvalue weighted by molar-refractivity contribution is -0.150. The Kier molecular flexibility index (Phi) is 4.70. The number of ether oxygens (including phenoxy) is 1. The first kappa shape index (κ1) is 17.7. The minimum absolute atomic E-state index is 0.0383. The molecular formula is C20H19N3O3S. The van der Waals surface area contributed by atoms with Crippen molar-refractivity contribution < 1.29 is 14.3 Å². The number of carbonyl (C=O) groups excluding carboxylic acids is 2. The van der Waals surface area contributed by atoms with Crippen LogP contribution in [0, 0.1) is 13.8 Å². The number of aryl methyl sites for hydroxylation is 2. The van der Waals surface area contributed by atoms with E-state index < -0.39 is 5.97 Å². The van der Waals surface area contributed by atoms with Crippen molar-refractivity contribution in [1.82, 2.24) is 14.9 Å². The number of benzene rings is 1. The van der Waals surface area contributed by atoms with Gasteiger partial charge in [-0.25, -0.2) is 14.8 Å². The number of fused-ring (bicyclic) bond motifs is 1. The fourth-order valence-electron chi connectivity index (χ4n) is 3.34. The molecule has 0 spiro atoms. The smallest absolute Gasteiger partial charge is 0.356 e. The second kappa shape index (κ2) is 7.15. The van der Waals surface area contributed by atoms with E-state index in [1.807, 2.05) is 50.2 Å². The van der Waals surface area contributed by atoms with Crippen LogP contribution < -0.4 is 0 Å². The van der Waals surface area contributed by atoms with Gasteiger partial charge in [0.25, 0.3) is 0 Å². The van der Waals surface area contributed by atoms with Gasteiger partial charge in [-0.15, -0.1) is 0 Å². The molecule has 138 valence electrons. The largest absolute Gasteiger partial charge is 0.456 e. The Balaban J connectivity index is 1.57. The summed E-state index contributed by atoms with van der Waals surface area (Å²) in [6.45, 7) is 3.99. The Morgan fingerprint density at radius 2 is 1.89 bits per heavy atom. The zero-order valence-corrected chi connectivity index (χ0v) is 16.0. The van der Waals surface area contributed by atoms with E-state index in [1.54, 1.807) is 4.90 Å². The van der Waals surface area contributed by atoms with Gasteiger partial charge in [0, 0.05) is 29.1 Å². The molecule has 4 rings (SSSR count). The fourth-order valence-corrected chi connectivity index (χ4v) is 4.49. The number of esters is 1. The Morgan fingerprint density at radius 3 is 2.56 bits per heavy atom. The molecule has 3 heterocycles. The predicted molar refractivity (Wildman–Crippen MR) is 100 cm³/mol. The Labute approximate surface area is 161 Å². The molecule has 0 N–H and O–H groups in total.